The molecule has 2 amide bonds. The minimum Gasteiger partial charge on any atom is -0.497 e. The van der Waals surface area contributed by atoms with Gasteiger partial charge in [-0.3, -0.25) is 9.59 Å². The zero-order chi connectivity index (χ0) is 25.2. The number of amides is 2. The lowest BCUT2D eigenvalue weighted by Gasteiger charge is -2.43. The first kappa shape index (κ1) is 24.0. The molecule has 0 spiro atoms. The van der Waals surface area contributed by atoms with E-state index in [1.807, 2.05) is 43.3 Å². The maximum absolute atomic E-state index is 13.7. The van der Waals surface area contributed by atoms with Gasteiger partial charge < -0.3 is 24.3 Å². The molecule has 0 saturated carbocycles. The molecule has 2 aromatic carbocycles. The molecule has 0 unspecified atom stereocenters. The van der Waals surface area contributed by atoms with Crippen LogP contribution in [0.5, 0.6) is 5.75 Å². The number of fused-ring (bicyclic) bond motifs is 1. The van der Waals surface area contributed by atoms with Crippen molar-refractivity contribution in [3.05, 3.63) is 82.9 Å². The Bertz CT molecular complexity index is 1250. The largest absolute Gasteiger partial charge is 0.497 e. The van der Waals surface area contributed by atoms with Crippen LogP contribution >= 0.6 is 0 Å². The van der Waals surface area contributed by atoms with E-state index in [0.29, 0.717) is 12.3 Å². The third kappa shape index (κ3) is 4.62. The van der Waals surface area contributed by atoms with E-state index < -0.39 is 17.4 Å². The molecule has 3 aromatic rings. The SMILES string of the molecule is COC(=O)c1ncn2c1C(=O)N(Cc1ccc(OC)cc1)[C@@](C)(C(=O)NCc1ccc(C)cc1)C2. The quantitative estimate of drug-likeness (QED) is 0.526. The first-order chi connectivity index (χ1) is 16.8. The van der Waals surface area contributed by atoms with Gasteiger partial charge in [-0.15, -0.1) is 0 Å². The summed E-state index contributed by atoms with van der Waals surface area (Å²) in [6, 6.07) is 15.1. The molecule has 1 N–H and O–H groups in total. The Morgan fingerprint density at radius 1 is 1.06 bits per heavy atom. The molecule has 1 aliphatic heterocycles. The second kappa shape index (κ2) is 9.61. The molecule has 182 valence electrons. The maximum atomic E-state index is 13.7. The fraction of sp³-hybridized carbons (Fsp3) is 0.308. The summed E-state index contributed by atoms with van der Waals surface area (Å²) in [6.45, 7) is 4.33. The Kier molecular flexibility index (Phi) is 6.59. The van der Waals surface area contributed by atoms with Gasteiger partial charge >= 0.3 is 5.97 Å². The molecule has 0 saturated heterocycles. The minimum absolute atomic E-state index is 0.0701. The van der Waals surface area contributed by atoms with Gasteiger partial charge in [0.1, 0.15) is 17.0 Å². The minimum atomic E-state index is -1.23. The van der Waals surface area contributed by atoms with Crippen molar-refractivity contribution in [2.75, 3.05) is 14.2 Å². The first-order valence-corrected chi connectivity index (χ1v) is 11.2. The monoisotopic (exact) mass is 476 g/mol. The Hall–Kier alpha value is -4.14. The van der Waals surface area contributed by atoms with Crippen LogP contribution in [0, 0.1) is 6.92 Å². The lowest BCUT2D eigenvalue weighted by atomic mass is 9.93. The van der Waals surface area contributed by atoms with Gasteiger partial charge in [-0.1, -0.05) is 42.0 Å². The van der Waals surface area contributed by atoms with Crippen molar-refractivity contribution in [2.45, 2.75) is 39.0 Å². The van der Waals surface area contributed by atoms with Gasteiger partial charge in [0.25, 0.3) is 5.91 Å². The highest BCUT2D eigenvalue weighted by Crippen LogP contribution is 2.31. The third-order valence-electron chi connectivity index (χ3n) is 6.30. The molecule has 9 heteroatoms. The highest BCUT2D eigenvalue weighted by molar-refractivity contribution is 6.06. The second-order valence-corrected chi connectivity index (χ2v) is 8.74. The number of hydrogen-bond acceptors (Lipinski definition) is 6. The fourth-order valence-corrected chi connectivity index (χ4v) is 4.17. The van der Waals surface area contributed by atoms with E-state index in [4.69, 9.17) is 9.47 Å². The van der Waals surface area contributed by atoms with Crippen LogP contribution in [0.15, 0.2) is 54.9 Å². The van der Waals surface area contributed by atoms with Crippen molar-refractivity contribution >= 4 is 17.8 Å². The van der Waals surface area contributed by atoms with Crippen LogP contribution in [-0.2, 0) is 29.2 Å². The summed E-state index contributed by atoms with van der Waals surface area (Å²) in [4.78, 5) is 45.1. The number of nitrogens with one attached hydrogen (secondary N) is 1. The van der Waals surface area contributed by atoms with Gasteiger partial charge in [0.05, 0.1) is 27.1 Å². The number of esters is 1. The van der Waals surface area contributed by atoms with Crippen LogP contribution in [-0.4, -0.2) is 52.0 Å². The zero-order valence-electron chi connectivity index (χ0n) is 20.2. The van der Waals surface area contributed by atoms with Crippen LogP contribution < -0.4 is 10.1 Å². The van der Waals surface area contributed by atoms with E-state index in [2.05, 4.69) is 10.3 Å². The number of ether oxygens (including phenoxy) is 2. The molecule has 9 nitrogen and oxygen atoms in total. The van der Waals surface area contributed by atoms with Crippen molar-refractivity contribution in [3.8, 4) is 5.75 Å². The van der Waals surface area contributed by atoms with Crippen molar-refractivity contribution in [3.63, 3.8) is 0 Å². The fourth-order valence-electron chi connectivity index (χ4n) is 4.17. The molecule has 0 radical (unpaired) electrons. The molecule has 35 heavy (non-hydrogen) atoms. The molecule has 4 rings (SSSR count). The van der Waals surface area contributed by atoms with Crippen molar-refractivity contribution in [1.82, 2.24) is 19.8 Å². The molecule has 1 aliphatic rings. The molecule has 2 heterocycles. The van der Waals surface area contributed by atoms with Crippen molar-refractivity contribution in [1.29, 1.82) is 0 Å². The number of methoxy groups -OCH3 is 2. The number of rotatable bonds is 7. The molecule has 1 aromatic heterocycles. The number of carbonyl (C=O) groups is 3. The lowest BCUT2D eigenvalue weighted by Crippen LogP contribution is -2.63. The lowest BCUT2D eigenvalue weighted by molar-refractivity contribution is -0.133. The van der Waals surface area contributed by atoms with Crippen molar-refractivity contribution in [2.24, 2.45) is 0 Å². The Morgan fingerprint density at radius 2 is 1.71 bits per heavy atom. The van der Waals surface area contributed by atoms with Crippen molar-refractivity contribution < 1.29 is 23.9 Å². The van der Waals surface area contributed by atoms with Gasteiger partial charge in [0, 0.05) is 13.1 Å². The van der Waals surface area contributed by atoms with Crippen LogP contribution in [0.3, 0.4) is 0 Å². The normalized spacial score (nSPS) is 17.0. The van der Waals surface area contributed by atoms with E-state index in [1.165, 1.54) is 18.3 Å². The van der Waals surface area contributed by atoms with E-state index in [9.17, 15) is 14.4 Å². The number of carbonyl (C=O) groups excluding carboxylic acids is 3. The highest BCUT2D eigenvalue weighted by atomic mass is 16.5. The predicted molar refractivity (Wildman–Crippen MR) is 128 cm³/mol. The van der Waals surface area contributed by atoms with Gasteiger partial charge in [-0.2, -0.15) is 0 Å². The zero-order valence-corrected chi connectivity index (χ0v) is 20.2. The third-order valence-corrected chi connectivity index (χ3v) is 6.30. The number of nitrogens with zero attached hydrogens (tertiary/aromatic N) is 3. The average molecular weight is 477 g/mol. The molecular formula is C26H28N4O5. The van der Waals surface area contributed by atoms with Gasteiger partial charge in [0.15, 0.2) is 5.69 Å². The van der Waals surface area contributed by atoms with E-state index in [0.717, 1.165) is 16.7 Å². The molecule has 0 aliphatic carbocycles. The van der Waals surface area contributed by atoms with E-state index >= 15 is 0 Å². The number of benzene rings is 2. The number of hydrogen-bond donors (Lipinski definition) is 1. The standard InChI is InChI=1S/C26H28N4O5/c1-17-5-7-18(8-6-17)13-27-25(33)26(2)15-29-16-28-21(24(32)35-4)22(29)23(31)30(26)14-19-9-11-20(34-3)12-10-19/h5-12,16H,13-15H2,1-4H3,(H,27,33)/t26-/m1/s1. The summed E-state index contributed by atoms with van der Waals surface area (Å²) in [7, 11) is 2.81. The molecular weight excluding hydrogens is 448 g/mol. The first-order valence-electron chi connectivity index (χ1n) is 11.2. The van der Waals surface area contributed by atoms with Crippen LogP contribution in [0.25, 0.3) is 0 Å². The molecule has 0 bridgehead atoms. The molecule has 0 fully saturated rings. The summed E-state index contributed by atoms with van der Waals surface area (Å²) < 4.78 is 11.6. The Labute approximate surface area is 203 Å². The maximum Gasteiger partial charge on any atom is 0.359 e. The Morgan fingerprint density at radius 3 is 2.34 bits per heavy atom. The predicted octanol–water partition coefficient (Wildman–Crippen LogP) is 2.72. The Balaban J connectivity index is 1.67. The van der Waals surface area contributed by atoms with Crippen LogP contribution in [0.1, 0.15) is 44.6 Å². The molecule has 1 atom stereocenters. The number of imidazole rings is 1. The smallest absolute Gasteiger partial charge is 0.359 e. The van der Waals surface area contributed by atoms with E-state index in [1.54, 1.807) is 30.7 Å². The van der Waals surface area contributed by atoms with Gasteiger partial charge in [-0.05, 0) is 37.1 Å². The highest BCUT2D eigenvalue weighted by Gasteiger charge is 2.48. The van der Waals surface area contributed by atoms with Crippen LogP contribution in [0.2, 0.25) is 0 Å². The van der Waals surface area contributed by atoms with Gasteiger partial charge in [0.2, 0.25) is 5.91 Å². The summed E-state index contributed by atoms with van der Waals surface area (Å²) in [5, 5.41) is 2.98. The van der Waals surface area contributed by atoms with Crippen LogP contribution in [0.4, 0.5) is 0 Å². The average Bonchev–Trinajstić information content (AvgIpc) is 3.29. The topological polar surface area (TPSA) is 103 Å². The number of aromatic nitrogens is 2. The van der Waals surface area contributed by atoms with Gasteiger partial charge in [-0.25, -0.2) is 9.78 Å². The summed E-state index contributed by atoms with van der Waals surface area (Å²) in [6.07, 6.45) is 1.40. The number of aryl methyl sites for hydroxylation is 1. The summed E-state index contributed by atoms with van der Waals surface area (Å²) in [5.74, 6) is -0.802. The summed E-state index contributed by atoms with van der Waals surface area (Å²) in [5.41, 5.74) is 1.69. The van der Waals surface area contributed by atoms with E-state index in [-0.39, 0.29) is 30.4 Å². The summed E-state index contributed by atoms with van der Waals surface area (Å²) >= 11 is 0. The second-order valence-electron chi connectivity index (χ2n) is 8.74.